The lowest BCUT2D eigenvalue weighted by atomic mass is 9.48. The maximum Gasteiger partial charge on any atom is 0.310 e. The second-order valence-corrected chi connectivity index (χ2v) is 12.6. The van der Waals surface area contributed by atoms with Crippen LogP contribution < -0.4 is 14.3 Å². The third kappa shape index (κ3) is 3.45. The summed E-state index contributed by atoms with van der Waals surface area (Å²) in [5, 5.41) is 13.7. The van der Waals surface area contributed by atoms with Crippen LogP contribution in [-0.2, 0) is 12.0 Å². The molecule has 188 valence electrons. The molecule has 1 aliphatic heterocycles. The lowest BCUT2D eigenvalue weighted by Crippen LogP contribution is -2.48. The summed E-state index contributed by atoms with van der Waals surface area (Å²) < 4.78 is 13.5. The fourth-order valence-electron chi connectivity index (χ4n) is 8.24. The average Bonchev–Trinajstić information content (AvgIpc) is 3.49. The van der Waals surface area contributed by atoms with Crippen LogP contribution in [0.25, 0.3) is 21.9 Å². The molecule has 4 aromatic rings. The van der Waals surface area contributed by atoms with Crippen molar-refractivity contribution in [1.29, 1.82) is 0 Å². The van der Waals surface area contributed by atoms with Crippen molar-refractivity contribution < 1.29 is 14.6 Å². The summed E-state index contributed by atoms with van der Waals surface area (Å²) in [6, 6.07) is 17.4. The largest absolute Gasteiger partial charge is 0.494 e. The van der Waals surface area contributed by atoms with Gasteiger partial charge in [0.1, 0.15) is 0 Å². The molecule has 2 heterocycles. The minimum Gasteiger partial charge on any atom is -0.494 e. The van der Waals surface area contributed by atoms with Gasteiger partial charge in [0.15, 0.2) is 11.5 Å². The van der Waals surface area contributed by atoms with Crippen molar-refractivity contribution in [3.8, 4) is 28.5 Å². The lowest BCUT2D eigenvalue weighted by Gasteiger charge is -2.57. The maximum atomic E-state index is 12.0. The quantitative estimate of drug-likeness (QED) is 0.332. The van der Waals surface area contributed by atoms with Crippen LogP contribution in [-0.4, -0.2) is 16.5 Å². The summed E-state index contributed by atoms with van der Waals surface area (Å²) in [4.78, 5) is 11.9. The summed E-state index contributed by atoms with van der Waals surface area (Å²) in [7, 11) is 0. The Labute approximate surface area is 219 Å². The van der Waals surface area contributed by atoms with Crippen molar-refractivity contribution in [2.45, 2.75) is 50.5 Å². The first kappa shape index (κ1) is 21.8. The molecular formula is C31H29NO4S. The first-order valence-corrected chi connectivity index (χ1v) is 14.3. The zero-order valence-corrected chi connectivity index (χ0v) is 21.4. The Kier molecular flexibility index (Phi) is 4.64. The predicted octanol–water partition coefficient (Wildman–Crippen LogP) is 6.68. The third-order valence-corrected chi connectivity index (χ3v) is 10.2. The van der Waals surface area contributed by atoms with E-state index in [9.17, 15) is 9.90 Å². The number of fused-ring (bicyclic) bond motifs is 2. The fraction of sp³-hybridized carbons (Fsp3) is 0.387. The molecule has 9 rings (SSSR count). The van der Waals surface area contributed by atoms with Gasteiger partial charge in [-0.05, 0) is 113 Å². The third-order valence-electron chi connectivity index (χ3n) is 9.42. The summed E-state index contributed by atoms with van der Waals surface area (Å²) in [5.41, 5.74) is 4.97. The normalized spacial score (nSPS) is 27.3. The highest BCUT2D eigenvalue weighted by molar-refractivity contribution is 7.07. The second-order valence-electron chi connectivity index (χ2n) is 11.8. The Balaban J connectivity index is 1.18. The zero-order chi connectivity index (χ0) is 24.7. The highest BCUT2D eigenvalue weighted by atomic mass is 32.1. The fourth-order valence-corrected chi connectivity index (χ4v) is 8.86. The number of aromatic hydroxyl groups is 1. The zero-order valence-electron chi connectivity index (χ0n) is 20.6. The number of nitrogens with zero attached hydrogens (tertiary/aromatic N) is 1. The molecule has 1 aromatic heterocycles. The molecule has 0 saturated heterocycles. The number of hydrogen-bond donors (Lipinski definition) is 1. The van der Waals surface area contributed by atoms with E-state index in [1.807, 2.05) is 6.07 Å². The lowest BCUT2D eigenvalue weighted by molar-refractivity contribution is -0.00626. The number of aromatic nitrogens is 1. The number of rotatable bonds is 4. The smallest absolute Gasteiger partial charge is 0.310 e. The van der Waals surface area contributed by atoms with Gasteiger partial charge in [0.2, 0.25) is 12.7 Å². The second kappa shape index (κ2) is 7.87. The summed E-state index contributed by atoms with van der Waals surface area (Å²) in [6.45, 7) is 0.670. The summed E-state index contributed by atoms with van der Waals surface area (Å²) in [6.07, 6.45) is 8.15. The standard InChI is InChI=1S/C31H29NO4S/c33-28-16-37-30(34)32(28)15-18-1-2-23-9-24(4-3-22(23)8-18)25-10-26(29-27(11-25)35-17-36-29)31-12-19-5-20(13-31)7-21(6-19)14-31/h1-4,8-11,16,19-21,33H,5-7,12-15,17H2. The molecule has 0 spiro atoms. The van der Waals surface area contributed by atoms with Gasteiger partial charge in [0, 0.05) is 5.56 Å². The van der Waals surface area contributed by atoms with Gasteiger partial charge in [-0.1, -0.05) is 35.6 Å². The monoisotopic (exact) mass is 511 g/mol. The Bertz CT molecular complexity index is 1580. The van der Waals surface area contributed by atoms with Crippen molar-refractivity contribution >= 4 is 22.1 Å². The highest BCUT2D eigenvalue weighted by Crippen LogP contribution is 2.63. The SMILES string of the molecule is O=c1scc(O)n1Cc1ccc2cc(-c3cc4c(c(C56CC7CC(CC(C7)C5)C6)c3)OCO4)ccc2c1. The van der Waals surface area contributed by atoms with E-state index in [0.29, 0.717) is 13.3 Å². The maximum absolute atomic E-state index is 12.0. The first-order valence-electron chi connectivity index (χ1n) is 13.4. The molecule has 4 fully saturated rings. The molecule has 0 unspecified atom stereocenters. The molecule has 0 amide bonds. The van der Waals surface area contributed by atoms with E-state index in [4.69, 9.17) is 9.47 Å². The Morgan fingerprint density at radius 1 is 0.892 bits per heavy atom. The molecule has 5 nitrogen and oxygen atoms in total. The topological polar surface area (TPSA) is 60.7 Å². The van der Waals surface area contributed by atoms with Gasteiger partial charge >= 0.3 is 4.87 Å². The molecular weight excluding hydrogens is 482 g/mol. The number of benzene rings is 3. The van der Waals surface area contributed by atoms with Crippen LogP contribution >= 0.6 is 11.3 Å². The van der Waals surface area contributed by atoms with Crippen molar-refractivity contribution in [3.05, 3.63) is 74.7 Å². The molecule has 0 radical (unpaired) electrons. The molecule has 0 atom stereocenters. The number of ether oxygens (including phenoxy) is 2. The number of thiazole rings is 1. The molecule has 1 N–H and O–H groups in total. The molecule has 6 heteroatoms. The van der Waals surface area contributed by atoms with Gasteiger partial charge in [-0.2, -0.15) is 0 Å². The molecule has 37 heavy (non-hydrogen) atoms. The van der Waals surface area contributed by atoms with Gasteiger partial charge in [0.25, 0.3) is 0 Å². The molecule has 4 aliphatic carbocycles. The summed E-state index contributed by atoms with van der Waals surface area (Å²) in [5.74, 6) is 4.50. The predicted molar refractivity (Wildman–Crippen MR) is 145 cm³/mol. The van der Waals surface area contributed by atoms with E-state index in [2.05, 4.69) is 42.5 Å². The minimum atomic E-state index is -0.148. The van der Waals surface area contributed by atoms with Gasteiger partial charge in [-0.25, -0.2) is 0 Å². The van der Waals surface area contributed by atoms with Gasteiger partial charge in [0.05, 0.1) is 11.9 Å². The first-order chi connectivity index (χ1) is 18.0. The van der Waals surface area contributed by atoms with Crippen LogP contribution in [0.15, 0.2) is 58.7 Å². The van der Waals surface area contributed by atoms with E-state index < -0.39 is 0 Å². The Hall–Kier alpha value is -3.25. The van der Waals surface area contributed by atoms with Gasteiger partial charge in [-0.3, -0.25) is 9.36 Å². The van der Waals surface area contributed by atoms with Crippen molar-refractivity contribution in [2.24, 2.45) is 17.8 Å². The van der Waals surface area contributed by atoms with Crippen molar-refractivity contribution in [3.63, 3.8) is 0 Å². The van der Waals surface area contributed by atoms with E-state index in [0.717, 1.165) is 56.9 Å². The van der Waals surface area contributed by atoms with E-state index in [1.165, 1.54) is 65.2 Å². The van der Waals surface area contributed by atoms with E-state index in [-0.39, 0.29) is 16.2 Å². The summed E-state index contributed by atoms with van der Waals surface area (Å²) >= 11 is 1.02. The van der Waals surface area contributed by atoms with Crippen LogP contribution in [0.4, 0.5) is 0 Å². The van der Waals surface area contributed by atoms with E-state index >= 15 is 0 Å². The number of hydrogen-bond acceptors (Lipinski definition) is 5. The molecule has 5 aliphatic rings. The van der Waals surface area contributed by atoms with Crippen LogP contribution in [0, 0.1) is 17.8 Å². The van der Waals surface area contributed by atoms with Gasteiger partial charge in [-0.15, -0.1) is 0 Å². The van der Waals surface area contributed by atoms with Gasteiger partial charge < -0.3 is 14.6 Å². The minimum absolute atomic E-state index is 0.0167. The Morgan fingerprint density at radius 3 is 2.35 bits per heavy atom. The molecule has 3 aromatic carbocycles. The highest BCUT2D eigenvalue weighted by Gasteiger charge is 2.53. The van der Waals surface area contributed by atoms with Crippen molar-refractivity contribution in [2.75, 3.05) is 6.79 Å². The van der Waals surface area contributed by atoms with Crippen molar-refractivity contribution in [1.82, 2.24) is 4.57 Å². The van der Waals surface area contributed by atoms with Crippen LogP contribution in [0.3, 0.4) is 0 Å². The average molecular weight is 512 g/mol. The molecule has 4 bridgehead atoms. The van der Waals surface area contributed by atoms with Crippen LogP contribution in [0.2, 0.25) is 0 Å². The van der Waals surface area contributed by atoms with E-state index in [1.54, 1.807) is 0 Å². The van der Waals surface area contributed by atoms with Crippen LogP contribution in [0.1, 0.15) is 49.7 Å². The Morgan fingerprint density at radius 2 is 1.62 bits per heavy atom. The molecule has 4 saturated carbocycles. The van der Waals surface area contributed by atoms with Crippen LogP contribution in [0.5, 0.6) is 17.4 Å².